The minimum absolute atomic E-state index is 0. The molecule has 0 radical (unpaired) electrons. The Morgan fingerprint density at radius 3 is 1.22 bits per heavy atom. The third-order valence-corrected chi connectivity index (χ3v) is 1.31. The van der Waals surface area contributed by atoms with Gasteiger partial charge in [-0.25, -0.2) is 0 Å². The summed E-state index contributed by atoms with van der Waals surface area (Å²) < 4.78 is 0. The summed E-state index contributed by atoms with van der Waals surface area (Å²) in [5.74, 6) is 0. The Kier molecular flexibility index (Phi) is 5.95. The van der Waals surface area contributed by atoms with Gasteiger partial charge in [-0.15, -0.1) is 0 Å². The second kappa shape index (κ2) is 5.13. The molecular weight excluding hydrogens is 182 g/mol. The van der Waals surface area contributed by atoms with Crippen LogP contribution in [0.3, 0.4) is 0 Å². The molecule has 0 saturated carbocycles. The monoisotopic (exact) mass is 186 g/mol. The molecule has 0 aliphatic carbocycles. The second-order valence-electron chi connectivity index (χ2n) is 1.44. The molecular formula is C6H5Cl2K. The van der Waals surface area contributed by atoms with Crippen molar-refractivity contribution in [1.29, 1.82) is 0 Å². The first kappa shape index (κ1) is 10.4. The standard InChI is InChI=1S/C6H4Cl2.K.H/c7-5-1-2-6(8)4-3-5;;/h1-4H;;. The topological polar surface area (TPSA) is 0 Å². The molecule has 1 aromatic rings. The summed E-state index contributed by atoms with van der Waals surface area (Å²) in [5.41, 5.74) is 0. The molecule has 1 rings (SSSR count). The van der Waals surface area contributed by atoms with Crippen molar-refractivity contribution in [3.63, 3.8) is 0 Å². The van der Waals surface area contributed by atoms with E-state index in [2.05, 4.69) is 0 Å². The van der Waals surface area contributed by atoms with Crippen LogP contribution >= 0.6 is 23.2 Å². The van der Waals surface area contributed by atoms with Gasteiger partial charge in [0.25, 0.3) is 0 Å². The van der Waals surface area contributed by atoms with Gasteiger partial charge in [0.05, 0.1) is 0 Å². The van der Waals surface area contributed by atoms with Gasteiger partial charge in [0, 0.05) is 10.0 Å². The average Bonchev–Trinajstić information content (AvgIpc) is 1.77. The van der Waals surface area contributed by atoms with Gasteiger partial charge < -0.3 is 0 Å². The Morgan fingerprint density at radius 1 is 0.778 bits per heavy atom. The molecule has 0 aliphatic rings. The molecule has 0 atom stereocenters. The predicted molar refractivity (Wildman–Crippen MR) is 43.6 cm³/mol. The maximum absolute atomic E-state index is 5.55. The first-order valence-electron chi connectivity index (χ1n) is 2.20. The van der Waals surface area contributed by atoms with Crippen LogP contribution in [-0.2, 0) is 0 Å². The van der Waals surface area contributed by atoms with Crippen molar-refractivity contribution in [3.8, 4) is 0 Å². The number of hydrogen-bond donors (Lipinski definition) is 0. The molecule has 0 aliphatic heterocycles. The van der Waals surface area contributed by atoms with Crippen LogP contribution in [-0.4, -0.2) is 51.4 Å². The molecule has 9 heavy (non-hydrogen) atoms. The summed E-state index contributed by atoms with van der Waals surface area (Å²) >= 11 is 11.1. The third kappa shape index (κ3) is 3.99. The van der Waals surface area contributed by atoms with Gasteiger partial charge in [-0.1, -0.05) is 23.2 Å². The number of rotatable bonds is 0. The Balaban J connectivity index is 0.000000640. The zero-order valence-electron chi connectivity index (χ0n) is 4.07. The molecule has 0 bridgehead atoms. The van der Waals surface area contributed by atoms with Crippen LogP contribution < -0.4 is 0 Å². The SMILES string of the molecule is Clc1ccc(Cl)cc1.[KH]. The van der Waals surface area contributed by atoms with E-state index < -0.39 is 0 Å². The van der Waals surface area contributed by atoms with Gasteiger partial charge in [0.1, 0.15) is 0 Å². The van der Waals surface area contributed by atoms with Gasteiger partial charge >= 0.3 is 51.4 Å². The van der Waals surface area contributed by atoms with Crippen LogP contribution in [0, 0.1) is 0 Å². The maximum atomic E-state index is 5.55. The Labute approximate surface area is 107 Å². The molecule has 0 nitrogen and oxygen atoms in total. The van der Waals surface area contributed by atoms with Gasteiger partial charge in [0.2, 0.25) is 0 Å². The van der Waals surface area contributed by atoms with E-state index in [4.69, 9.17) is 23.2 Å². The molecule has 1 aromatic carbocycles. The fraction of sp³-hybridized carbons (Fsp3) is 0. The molecule has 0 aromatic heterocycles. The Bertz CT molecular complexity index is 150. The zero-order valence-corrected chi connectivity index (χ0v) is 5.58. The van der Waals surface area contributed by atoms with E-state index in [0.717, 1.165) is 10.0 Å². The van der Waals surface area contributed by atoms with Crippen molar-refractivity contribution in [2.75, 3.05) is 0 Å². The van der Waals surface area contributed by atoms with E-state index in [9.17, 15) is 0 Å². The third-order valence-electron chi connectivity index (χ3n) is 0.804. The molecule has 3 heteroatoms. The van der Waals surface area contributed by atoms with Gasteiger partial charge in [-0.05, 0) is 24.3 Å². The van der Waals surface area contributed by atoms with Crippen molar-refractivity contribution < 1.29 is 0 Å². The molecule has 44 valence electrons. The van der Waals surface area contributed by atoms with Crippen molar-refractivity contribution in [1.82, 2.24) is 0 Å². The van der Waals surface area contributed by atoms with Crippen LogP contribution in [0.1, 0.15) is 0 Å². The Hall–Kier alpha value is 1.44. The zero-order chi connectivity index (χ0) is 5.98. The summed E-state index contributed by atoms with van der Waals surface area (Å²) in [6.45, 7) is 0. The van der Waals surface area contributed by atoms with E-state index in [1.165, 1.54) is 0 Å². The summed E-state index contributed by atoms with van der Waals surface area (Å²) in [6, 6.07) is 7.02. The molecule has 0 fully saturated rings. The van der Waals surface area contributed by atoms with Crippen LogP contribution in [0.25, 0.3) is 0 Å². The van der Waals surface area contributed by atoms with Crippen LogP contribution in [0.15, 0.2) is 24.3 Å². The number of hydrogen-bond acceptors (Lipinski definition) is 0. The first-order valence-corrected chi connectivity index (χ1v) is 2.96. The summed E-state index contributed by atoms with van der Waals surface area (Å²) in [7, 11) is 0. The summed E-state index contributed by atoms with van der Waals surface area (Å²) in [5, 5.41) is 1.43. The first-order chi connectivity index (χ1) is 3.79. The van der Waals surface area contributed by atoms with Crippen molar-refractivity contribution in [3.05, 3.63) is 34.3 Å². The van der Waals surface area contributed by atoms with Crippen molar-refractivity contribution in [2.24, 2.45) is 0 Å². The molecule has 0 N–H and O–H groups in total. The molecule has 0 saturated heterocycles. The molecule has 0 spiro atoms. The van der Waals surface area contributed by atoms with E-state index >= 15 is 0 Å². The molecule has 0 heterocycles. The van der Waals surface area contributed by atoms with Gasteiger partial charge in [0.15, 0.2) is 0 Å². The summed E-state index contributed by atoms with van der Waals surface area (Å²) in [6.07, 6.45) is 0. The van der Waals surface area contributed by atoms with Crippen molar-refractivity contribution in [2.45, 2.75) is 0 Å². The molecule has 0 amide bonds. The number of halogens is 2. The van der Waals surface area contributed by atoms with E-state index in [0.29, 0.717) is 0 Å². The van der Waals surface area contributed by atoms with Gasteiger partial charge in [-0.3, -0.25) is 0 Å². The quantitative estimate of drug-likeness (QED) is 0.547. The Morgan fingerprint density at radius 2 is 1.00 bits per heavy atom. The molecule has 0 unspecified atom stereocenters. The van der Waals surface area contributed by atoms with Crippen LogP contribution in [0.5, 0.6) is 0 Å². The van der Waals surface area contributed by atoms with Gasteiger partial charge in [-0.2, -0.15) is 0 Å². The second-order valence-corrected chi connectivity index (χ2v) is 2.31. The van der Waals surface area contributed by atoms with Crippen molar-refractivity contribution >= 4 is 74.6 Å². The minimum atomic E-state index is 0. The fourth-order valence-corrected chi connectivity index (χ4v) is 0.682. The average molecular weight is 187 g/mol. The van der Waals surface area contributed by atoms with Crippen LogP contribution in [0.2, 0.25) is 10.0 Å². The van der Waals surface area contributed by atoms with E-state index in [-0.39, 0.29) is 51.4 Å². The van der Waals surface area contributed by atoms with E-state index in [1.807, 2.05) is 0 Å². The van der Waals surface area contributed by atoms with E-state index in [1.54, 1.807) is 24.3 Å². The fourth-order valence-electron chi connectivity index (χ4n) is 0.430. The number of benzene rings is 1. The predicted octanol–water partition coefficient (Wildman–Crippen LogP) is 2.34. The summed E-state index contributed by atoms with van der Waals surface area (Å²) in [4.78, 5) is 0. The van der Waals surface area contributed by atoms with Crippen LogP contribution in [0.4, 0.5) is 0 Å². The normalized spacial score (nSPS) is 8.22.